The summed E-state index contributed by atoms with van der Waals surface area (Å²) in [6.45, 7) is 6.46. The van der Waals surface area contributed by atoms with Gasteiger partial charge in [0.15, 0.2) is 0 Å². The second-order valence-electron chi connectivity index (χ2n) is 5.30. The van der Waals surface area contributed by atoms with Crippen molar-refractivity contribution in [3.8, 4) is 0 Å². The lowest BCUT2D eigenvalue weighted by molar-refractivity contribution is -0.123. The van der Waals surface area contributed by atoms with E-state index < -0.39 is 0 Å². The van der Waals surface area contributed by atoms with Gasteiger partial charge in [-0.25, -0.2) is 0 Å². The number of carbonyl (C=O) groups is 1. The maximum Gasteiger partial charge on any atom is 0.237 e. The third-order valence-corrected chi connectivity index (χ3v) is 3.10. The molecule has 1 aromatic heterocycles. The van der Waals surface area contributed by atoms with Crippen molar-refractivity contribution in [2.24, 2.45) is 0 Å². The van der Waals surface area contributed by atoms with E-state index in [-0.39, 0.29) is 18.0 Å². The largest absolute Gasteiger partial charge is 0.353 e. The summed E-state index contributed by atoms with van der Waals surface area (Å²) in [4.78, 5) is 16.1. The summed E-state index contributed by atoms with van der Waals surface area (Å²) in [6, 6.07) is 10.1. The normalized spacial score (nSPS) is 12.6. The van der Waals surface area contributed by atoms with Crippen molar-refractivity contribution in [3.63, 3.8) is 0 Å². The van der Waals surface area contributed by atoms with Crippen LogP contribution in [0.2, 0.25) is 0 Å². The Morgan fingerprint density at radius 2 is 2.05 bits per heavy atom. The van der Waals surface area contributed by atoms with Crippen LogP contribution in [-0.2, 0) is 11.3 Å². The van der Waals surface area contributed by atoms with E-state index in [2.05, 4.69) is 21.7 Å². The van der Waals surface area contributed by atoms with Gasteiger partial charge in [0.25, 0.3) is 0 Å². The van der Waals surface area contributed by atoms with Gasteiger partial charge in [-0.3, -0.25) is 9.78 Å². The van der Waals surface area contributed by atoms with E-state index in [1.54, 1.807) is 6.20 Å². The van der Waals surface area contributed by atoms with Gasteiger partial charge in [0.05, 0.1) is 11.6 Å². The summed E-state index contributed by atoms with van der Waals surface area (Å²) in [5.74, 6) is 0.0301. The molecule has 4 nitrogen and oxygen atoms in total. The van der Waals surface area contributed by atoms with Gasteiger partial charge in [-0.1, -0.05) is 12.1 Å². The number of aromatic nitrogens is 1. The number of pyridine rings is 1. The molecular formula is C16H21N3O. The summed E-state index contributed by atoms with van der Waals surface area (Å²) >= 11 is 0. The topological polar surface area (TPSA) is 54.0 Å². The first-order chi connectivity index (χ1) is 9.56. The minimum atomic E-state index is -0.206. The van der Waals surface area contributed by atoms with E-state index in [4.69, 9.17) is 0 Å². The van der Waals surface area contributed by atoms with E-state index >= 15 is 0 Å². The van der Waals surface area contributed by atoms with Gasteiger partial charge in [-0.15, -0.1) is 0 Å². The Kier molecular flexibility index (Phi) is 4.69. The molecule has 0 bridgehead atoms. The second-order valence-corrected chi connectivity index (χ2v) is 5.30. The van der Waals surface area contributed by atoms with Crippen LogP contribution >= 0.6 is 0 Å². The molecule has 1 atom stereocenters. The molecule has 1 aromatic carbocycles. The number of hydrogen-bond donors (Lipinski definition) is 2. The molecule has 0 radical (unpaired) electrons. The lowest BCUT2D eigenvalue weighted by Crippen LogP contribution is -2.44. The lowest BCUT2D eigenvalue weighted by atomic mass is 10.1. The zero-order valence-corrected chi connectivity index (χ0v) is 12.2. The van der Waals surface area contributed by atoms with Crippen LogP contribution in [0.5, 0.6) is 0 Å². The molecule has 2 rings (SSSR count). The van der Waals surface area contributed by atoms with E-state index in [1.807, 2.05) is 45.0 Å². The summed E-state index contributed by atoms with van der Waals surface area (Å²) in [5, 5.41) is 7.25. The number of hydrogen-bond acceptors (Lipinski definition) is 3. The van der Waals surface area contributed by atoms with Crippen LogP contribution in [0.1, 0.15) is 26.3 Å². The predicted octanol–water partition coefficient (Wildman–Crippen LogP) is 2.24. The number of benzene rings is 1. The molecule has 0 saturated heterocycles. The van der Waals surface area contributed by atoms with Crippen LogP contribution in [0.15, 0.2) is 36.5 Å². The molecule has 0 saturated carbocycles. The Labute approximate surface area is 119 Å². The van der Waals surface area contributed by atoms with E-state index in [1.165, 1.54) is 0 Å². The van der Waals surface area contributed by atoms with Gasteiger partial charge in [-0.05, 0) is 44.5 Å². The first-order valence-electron chi connectivity index (χ1n) is 6.93. The Bertz CT molecular complexity index is 595. The predicted molar refractivity (Wildman–Crippen MR) is 81.3 cm³/mol. The number of amides is 1. The first kappa shape index (κ1) is 14.5. The maximum absolute atomic E-state index is 11.8. The fourth-order valence-electron chi connectivity index (χ4n) is 2.01. The van der Waals surface area contributed by atoms with Crippen molar-refractivity contribution < 1.29 is 4.79 Å². The summed E-state index contributed by atoms with van der Waals surface area (Å²) in [7, 11) is 0. The van der Waals surface area contributed by atoms with Gasteiger partial charge >= 0.3 is 0 Å². The van der Waals surface area contributed by atoms with Crippen LogP contribution in [0.3, 0.4) is 0 Å². The molecule has 106 valence electrons. The summed E-state index contributed by atoms with van der Waals surface area (Å²) in [6.07, 6.45) is 1.79. The molecule has 0 fully saturated rings. The Morgan fingerprint density at radius 1 is 1.25 bits per heavy atom. The smallest absolute Gasteiger partial charge is 0.237 e. The van der Waals surface area contributed by atoms with Gasteiger partial charge in [0.2, 0.25) is 5.91 Å². The quantitative estimate of drug-likeness (QED) is 0.877. The standard InChI is InChI=1S/C16H21N3O/c1-11(2)19-16(20)12(3)18-10-13-6-7-15-14(9-13)5-4-8-17-15/h4-9,11-12,18H,10H2,1-3H3,(H,19,20). The highest BCUT2D eigenvalue weighted by molar-refractivity contribution is 5.81. The SMILES string of the molecule is CC(C)NC(=O)C(C)NCc1ccc2ncccc2c1. The van der Waals surface area contributed by atoms with E-state index in [9.17, 15) is 4.79 Å². The molecule has 2 N–H and O–H groups in total. The monoisotopic (exact) mass is 271 g/mol. The second kappa shape index (κ2) is 6.48. The highest BCUT2D eigenvalue weighted by Crippen LogP contribution is 2.13. The number of nitrogens with zero attached hydrogens (tertiary/aromatic N) is 1. The molecular weight excluding hydrogens is 250 g/mol. The highest BCUT2D eigenvalue weighted by atomic mass is 16.2. The van der Waals surface area contributed by atoms with Gasteiger partial charge in [0, 0.05) is 24.2 Å². The van der Waals surface area contributed by atoms with E-state index in [0.29, 0.717) is 6.54 Å². The van der Waals surface area contributed by atoms with Crippen LogP contribution < -0.4 is 10.6 Å². The van der Waals surface area contributed by atoms with E-state index in [0.717, 1.165) is 16.5 Å². The van der Waals surface area contributed by atoms with Crippen molar-refractivity contribution in [2.75, 3.05) is 0 Å². The van der Waals surface area contributed by atoms with Crippen LogP contribution in [0.4, 0.5) is 0 Å². The number of nitrogens with one attached hydrogen (secondary N) is 2. The van der Waals surface area contributed by atoms with Crippen molar-refractivity contribution in [1.82, 2.24) is 15.6 Å². The zero-order valence-electron chi connectivity index (χ0n) is 12.2. The molecule has 0 aliphatic rings. The van der Waals surface area contributed by atoms with Crippen molar-refractivity contribution in [3.05, 3.63) is 42.1 Å². The molecule has 2 aromatic rings. The zero-order chi connectivity index (χ0) is 14.5. The Morgan fingerprint density at radius 3 is 2.80 bits per heavy atom. The van der Waals surface area contributed by atoms with Gasteiger partial charge < -0.3 is 10.6 Å². The summed E-state index contributed by atoms with van der Waals surface area (Å²) < 4.78 is 0. The average Bonchev–Trinajstić information content (AvgIpc) is 2.43. The first-order valence-corrected chi connectivity index (χ1v) is 6.93. The fraction of sp³-hybridized carbons (Fsp3) is 0.375. The van der Waals surface area contributed by atoms with Crippen LogP contribution in [0.25, 0.3) is 10.9 Å². The minimum absolute atomic E-state index is 0.0301. The Hall–Kier alpha value is -1.94. The Balaban J connectivity index is 1.97. The van der Waals surface area contributed by atoms with Crippen LogP contribution in [0, 0.1) is 0 Å². The molecule has 0 aliphatic heterocycles. The van der Waals surface area contributed by atoms with Gasteiger partial charge in [0.1, 0.15) is 0 Å². The summed E-state index contributed by atoms with van der Waals surface area (Å²) in [5.41, 5.74) is 2.14. The number of carbonyl (C=O) groups excluding carboxylic acids is 1. The van der Waals surface area contributed by atoms with Crippen molar-refractivity contribution in [2.45, 2.75) is 39.4 Å². The van der Waals surface area contributed by atoms with Crippen LogP contribution in [-0.4, -0.2) is 23.0 Å². The van der Waals surface area contributed by atoms with Crippen molar-refractivity contribution in [1.29, 1.82) is 0 Å². The molecule has 1 unspecified atom stereocenters. The highest BCUT2D eigenvalue weighted by Gasteiger charge is 2.12. The average molecular weight is 271 g/mol. The molecule has 0 spiro atoms. The number of rotatable bonds is 5. The lowest BCUT2D eigenvalue weighted by Gasteiger charge is -2.16. The fourth-order valence-corrected chi connectivity index (χ4v) is 2.01. The van der Waals surface area contributed by atoms with Crippen molar-refractivity contribution >= 4 is 16.8 Å². The third kappa shape index (κ3) is 3.78. The molecule has 1 amide bonds. The number of fused-ring (bicyclic) bond motifs is 1. The maximum atomic E-state index is 11.8. The molecule has 4 heteroatoms. The molecule has 0 aliphatic carbocycles. The van der Waals surface area contributed by atoms with Gasteiger partial charge in [-0.2, -0.15) is 0 Å². The molecule has 1 heterocycles. The molecule has 20 heavy (non-hydrogen) atoms. The minimum Gasteiger partial charge on any atom is -0.353 e. The third-order valence-electron chi connectivity index (χ3n) is 3.10.